The predicted octanol–water partition coefficient (Wildman–Crippen LogP) is 5.21. The fourth-order valence-electron chi connectivity index (χ4n) is 4.52. The van der Waals surface area contributed by atoms with E-state index in [0.717, 1.165) is 18.8 Å². The van der Waals surface area contributed by atoms with E-state index in [-0.39, 0.29) is 23.4 Å². The van der Waals surface area contributed by atoms with Gasteiger partial charge in [-0.2, -0.15) is 0 Å². The molecule has 0 saturated carbocycles. The van der Waals surface area contributed by atoms with E-state index >= 15 is 0 Å². The topological polar surface area (TPSA) is 83.0 Å². The quantitative estimate of drug-likeness (QED) is 0.257. The molecule has 1 aliphatic heterocycles. The van der Waals surface area contributed by atoms with Gasteiger partial charge in [0.1, 0.15) is 11.5 Å². The fourth-order valence-corrected chi connectivity index (χ4v) is 4.69. The Labute approximate surface area is 215 Å². The number of rotatable bonds is 8. The van der Waals surface area contributed by atoms with Gasteiger partial charge in [0.15, 0.2) is 0 Å². The van der Waals surface area contributed by atoms with Crippen molar-refractivity contribution in [2.75, 3.05) is 25.1 Å². The summed E-state index contributed by atoms with van der Waals surface area (Å²) in [6.45, 7) is 5.97. The highest BCUT2D eigenvalue weighted by molar-refractivity contribution is 6.46. The molecule has 0 aliphatic carbocycles. The highest BCUT2D eigenvalue weighted by atomic mass is 35.5. The fraction of sp³-hybridized carbons (Fsp3) is 0.250. The van der Waals surface area contributed by atoms with Crippen molar-refractivity contribution in [1.82, 2.24) is 9.88 Å². The molecular formula is C28H28ClN3O4. The summed E-state index contributed by atoms with van der Waals surface area (Å²) in [4.78, 5) is 34.6. The molecule has 1 N–H and O–H groups in total. The number of hydrogen-bond acceptors (Lipinski definition) is 6. The average molecular weight is 506 g/mol. The number of hydrogen-bond donors (Lipinski definition) is 1. The van der Waals surface area contributed by atoms with Crippen LogP contribution in [-0.2, 0) is 16.1 Å². The molecule has 2 heterocycles. The monoisotopic (exact) mass is 505 g/mol. The number of aromatic nitrogens is 1. The Morgan fingerprint density at radius 1 is 1.08 bits per heavy atom. The van der Waals surface area contributed by atoms with Gasteiger partial charge >= 0.3 is 0 Å². The largest absolute Gasteiger partial charge is 0.507 e. The van der Waals surface area contributed by atoms with Crippen molar-refractivity contribution in [2.45, 2.75) is 26.4 Å². The molecule has 0 radical (unpaired) electrons. The van der Waals surface area contributed by atoms with E-state index < -0.39 is 17.7 Å². The molecule has 8 heteroatoms. The summed E-state index contributed by atoms with van der Waals surface area (Å²) in [5.74, 6) is -1.48. The summed E-state index contributed by atoms with van der Waals surface area (Å²) < 4.78 is 5.40. The van der Waals surface area contributed by atoms with Gasteiger partial charge in [0, 0.05) is 30.0 Å². The third-order valence-corrected chi connectivity index (χ3v) is 6.59. The Hall–Kier alpha value is -3.84. The lowest BCUT2D eigenvalue weighted by molar-refractivity contribution is -0.140. The molecule has 1 aliphatic rings. The number of anilines is 1. The van der Waals surface area contributed by atoms with Crippen LogP contribution in [0.4, 0.5) is 5.69 Å². The molecule has 1 aromatic heterocycles. The maximum Gasteiger partial charge on any atom is 0.296 e. The molecule has 4 rings (SSSR count). The maximum atomic E-state index is 13.3. The number of aliphatic hydroxyl groups is 1. The van der Waals surface area contributed by atoms with Crippen molar-refractivity contribution in [1.29, 1.82) is 0 Å². The van der Waals surface area contributed by atoms with E-state index in [2.05, 4.69) is 23.7 Å². The summed E-state index contributed by atoms with van der Waals surface area (Å²) in [6.07, 6.45) is 1.64. The number of halogens is 1. The Morgan fingerprint density at radius 2 is 1.81 bits per heavy atom. The first-order valence-corrected chi connectivity index (χ1v) is 12.1. The molecule has 7 nitrogen and oxygen atoms in total. The van der Waals surface area contributed by atoms with E-state index in [9.17, 15) is 14.7 Å². The van der Waals surface area contributed by atoms with Crippen LogP contribution in [0.1, 0.15) is 36.7 Å². The molecular weight excluding hydrogens is 478 g/mol. The van der Waals surface area contributed by atoms with Crippen molar-refractivity contribution in [3.05, 3.63) is 94.3 Å². The zero-order chi connectivity index (χ0) is 25.8. The number of ketones is 1. The molecule has 1 atom stereocenters. The zero-order valence-electron chi connectivity index (χ0n) is 20.4. The molecule has 1 saturated heterocycles. The van der Waals surface area contributed by atoms with Crippen LogP contribution in [0.3, 0.4) is 0 Å². The first kappa shape index (κ1) is 25.3. The average Bonchev–Trinajstić information content (AvgIpc) is 3.15. The van der Waals surface area contributed by atoms with Crippen molar-refractivity contribution in [2.24, 2.45) is 0 Å². The van der Waals surface area contributed by atoms with Crippen LogP contribution in [0.2, 0.25) is 5.02 Å². The molecule has 1 unspecified atom stereocenters. The second-order valence-electron chi connectivity index (χ2n) is 8.36. The summed E-state index contributed by atoms with van der Waals surface area (Å²) in [7, 11) is 1.46. The number of benzene rings is 2. The standard InChI is InChI=1S/C28H28ClN3O4/c1-4-31(5-2)21-12-9-18(10-13-21)25-24(26(33)22-16-19(29)11-14-23(22)36-3)27(34)28(35)32(25)17-20-8-6-7-15-30-20/h6-16,25,33H,4-5,17H2,1-3H3/b26-24+. The lowest BCUT2D eigenvalue weighted by Crippen LogP contribution is -2.29. The SMILES string of the molecule is CCN(CC)c1ccc(C2/C(=C(\O)c3cc(Cl)ccc3OC)C(=O)C(=O)N2Cc2ccccn2)cc1. The Bertz CT molecular complexity index is 1290. The minimum atomic E-state index is -0.818. The molecule has 1 fully saturated rings. The van der Waals surface area contributed by atoms with E-state index in [1.165, 1.54) is 18.1 Å². The molecule has 1 amide bonds. The number of Topliss-reactive ketones (excluding diaryl/α,β-unsaturated/α-hetero) is 1. The predicted molar refractivity (Wildman–Crippen MR) is 140 cm³/mol. The molecule has 186 valence electrons. The molecule has 2 aromatic carbocycles. The van der Waals surface area contributed by atoms with Crippen LogP contribution in [0.25, 0.3) is 5.76 Å². The number of likely N-dealkylation sites (tertiary alicyclic amines) is 1. The highest BCUT2D eigenvalue weighted by Gasteiger charge is 2.46. The molecule has 3 aromatic rings. The summed E-state index contributed by atoms with van der Waals surface area (Å²) in [6, 6.07) is 17.0. The van der Waals surface area contributed by atoms with E-state index in [0.29, 0.717) is 22.0 Å². The first-order chi connectivity index (χ1) is 17.4. The second-order valence-corrected chi connectivity index (χ2v) is 8.79. The number of pyridine rings is 1. The third kappa shape index (κ3) is 4.79. The van der Waals surface area contributed by atoms with Gasteiger partial charge in [-0.15, -0.1) is 0 Å². The van der Waals surface area contributed by atoms with Gasteiger partial charge in [-0.25, -0.2) is 0 Å². The highest BCUT2D eigenvalue weighted by Crippen LogP contribution is 2.42. The van der Waals surface area contributed by atoms with Gasteiger partial charge in [0.25, 0.3) is 11.7 Å². The van der Waals surface area contributed by atoms with Crippen LogP contribution in [0.15, 0.2) is 72.4 Å². The van der Waals surface area contributed by atoms with Gasteiger partial charge in [-0.05, 0) is 61.9 Å². The van der Waals surface area contributed by atoms with E-state index in [4.69, 9.17) is 16.3 Å². The maximum absolute atomic E-state index is 13.3. The number of methoxy groups -OCH3 is 1. The Kier molecular flexibility index (Phi) is 7.60. The van der Waals surface area contributed by atoms with Crippen LogP contribution < -0.4 is 9.64 Å². The third-order valence-electron chi connectivity index (χ3n) is 6.35. The van der Waals surface area contributed by atoms with Crippen LogP contribution in [0, 0.1) is 0 Å². The van der Waals surface area contributed by atoms with Gasteiger partial charge in [0.05, 0.1) is 36.5 Å². The van der Waals surface area contributed by atoms with Gasteiger partial charge < -0.3 is 19.6 Å². The lowest BCUT2D eigenvalue weighted by Gasteiger charge is -2.26. The van der Waals surface area contributed by atoms with E-state index in [1.54, 1.807) is 30.5 Å². The zero-order valence-corrected chi connectivity index (χ0v) is 21.2. The number of aliphatic hydroxyl groups excluding tert-OH is 1. The first-order valence-electron chi connectivity index (χ1n) is 11.8. The number of carbonyl (C=O) groups excluding carboxylic acids is 2. The number of carbonyl (C=O) groups is 2. The lowest BCUT2D eigenvalue weighted by atomic mass is 9.94. The van der Waals surface area contributed by atoms with Gasteiger partial charge in [-0.1, -0.05) is 29.8 Å². The van der Waals surface area contributed by atoms with Crippen molar-refractivity contribution < 1.29 is 19.4 Å². The van der Waals surface area contributed by atoms with Gasteiger partial charge in [-0.3, -0.25) is 14.6 Å². The summed E-state index contributed by atoms with van der Waals surface area (Å²) >= 11 is 6.19. The van der Waals surface area contributed by atoms with Crippen LogP contribution >= 0.6 is 11.6 Å². The van der Waals surface area contributed by atoms with Crippen LogP contribution in [-0.4, -0.2) is 46.9 Å². The number of nitrogens with zero attached hydrogens (tertiary/aromatic N) is 3. The van der Waals surface area contributed by atoms with Crippen LogP contribution in [0.5, 0.6) is 5.75 Å². The Morgan fingerprint density at radius 3 is 2.42 bits per heavy atom. The summed E-state index contributed by atoms with van der Waals surface area (Å²) in [5, 5.41) is 11.8. The molecule has 36 heavy (non-hydrogen) atoms. The van der Waals surface area contributed by atoms with Gasteiger partial charge in [0.2, 0.25) is 0 Å². The minimum Gasteiger partial charge on any atom is -0.507 e. The second kappa shape index (κ2) is 10.8. The summed E-state index contributed by atoms with van der Waals surface area (Å²) in [5.41, 5.74) is 2.58. The minimum absolute atomic E-state index is 0.0212. The molecule has 0 spiro atoms. The van der Waals surface area contributed by atoms with Crippen molar-refractivity contribution in [3.63, 3.8) is 0 Å². The van der Waals surface area contributed by atoms with Crippen molar-refractivity contribution >= 4 is 34.7 Å². The molecule has 0 bridgehead atoms. The number of ether oxygens (including phenoxy) is 1. The number of amides is 1. The Balaban J connectivity index is 1.88. The smallest absolute Gasteiger partial charge is 0.296 e. The van der Waals surface area contributed by atoms with E-state index in [1.807, 2.05) is 30.3 Å². The normalized spacial score (nSPS) is 16.9. The van der Waals surface area contributed by atoms with Crippen molar-refractivity contribution in [3.8, 4) is 5.75 Å².